The molecule has 1 atom stereocenters. The van der Waals surface area contributed by atoms with Crippen LogP contribution in [0.3, 0.4) is 0 Å². The zero-order valence-electron chi connectivity index (χ0n) is 47.5. The molecule has 0 aromatic rings. The monoisotopic (exact) mass is 1020 g/mol. The summed E-state index contributed by atoms with van der Waals surface area (Å²) in [5, 5.41) is 0. The highest BCUT2D eigenvalue weighted by Gasteiger charge is 2.19. The van der Waals surface area contributed by atoms with Gasteiger partial charge in [-0.3, -0.25) is 14.4 Å². The zero-order chi connectivity index (χ0) is 53.6. The molecule has 0 aromatic carbocycles. The number of carbonyl (C=O) groups excluding carboxylic acids is 3. The number of rotatable bonds is 52. The number of esters is 3. The normalized spacial score (nSPS) is 13.2. The summed E-state index contributed by atoms with van der Waals surface area (Å²) in [6.45, 7) is 6.34. The minimum absolute atomic E-state index is 0.106. The van der Waals surface area contributed by atoms with Crippen LogP contribution in [0.25, 0.3) is 0 Å². The first-order chi connectivity index (χ1) is 36.5. The predicted octanol–water partition coefficient (Wildman–Crippen LogP) is 20.4. The van der Waals surface area contributed by atoms with Crippen LogP contribution in [-0.4, -0.2) is 37.2 Å². The van der Waals surface area contributed by atoms with Crippen molar-refractivity contribution in [3.8, 4) is 0 Å². The summed E-state index contributed by atoms with van der Waals surface area (Å²) in [5.41, 5.74) is 0. The van der Waals surface area contributed by atoms with E-state index in [2.05, 4.69) is 167 Å². The maximum Gasteiger partial charge on any atom is 0.306 e. The van der Waals surface area contributed by atoms with Gasteiger partial charge in [0.2, 0.25) is 0 Å². The van der Waals surface area contributed by atoms with Crippen LogP contribution in [0, 0.1) is 0 Å². The van der Waals surface area contributed by atoms with E-state index < -0.39 is 6.10 Å². The van der Waals surface area contributed by atoms with Crippen LogP contribution in [0.2, 0.25) is 0 Å². The fourth-order valence-electron chi connectivity index (χ4n) is 7.69. The number of carbonyl (C=O) groups is 3. The van der Waals surface area contributed by atoms with Gasteiger partial charge >= 0.3 is 17.9 Å². The average molecular weight is 1020 g/mol. The number of hydrogen-bond donors (Lipinski definition) is 0. The van der Waals surface area contributed by atoms with Crippen LogP contribution in [-0.2, 0) is 28.6 Å². The third kappa shape index (κ3) is 58.2. The van der Waals surface area contributed by atoms with Gasteiger partial charge in [0.25, 0.3) is 0 Å². The van der Waals surface area contributed by atoms with Crippen LogP contribution in [0.15, 0.2) is 146 Å². The van der Waals surface area contributed by atoms with E-state index in [0.717, 1.165) is 141 Å². The molecule has 0 N–H and O–H groups in total. The molecule has 1 unspecified atom stereocenters. The van der Waals surface area contributed by atoms with Crippen LogP contribution in [0.5, 0.6) is 0 Å². The highest BCUT2D eigenvalue weighted by Crippen LogP contribution is 2.14. The minimum atomic E-state index is -0.815. The molecule has 0 aliphatic carbocycles. The SMILES string of the molecule is CC/C=C\C/C=C\C/C=C\C/C=C\C/C=C\C/C=C\C/C=C\C/C=C\C/C=C\CCCC(=O)OCC(COC(=O)CCCCCCCCCCCCCC)OC(=O)CCCCCCC/C=C\C/C=C\C/C=C\CC. The lowest BCUT2D eigenvalue weighted by Gasteiger charge is -2.18. The first-order valence-corrected chi connectivity index (χ1v) is 29.8. The molecule has 0 amide bonds. The molecule has 0 spiro atoms. The van der Waals surface area contributed by atoms with Gasteiger partial charge in [-0.05, 0) is 116 Å². The summed E-state index contributed by atoms with van der Waals surface area (Å²) in [6, 6.07) is 0. The van der Waals surface area contributed by atoms with E-state index in [1.165, 1.54) is 57.8 Å². The van der Waals surface area contributed by atoms with Gasteiger partial charge < -0.3 is 14.2 Å². The molecule has 0 aromatic heterocycles. The molecule has 0 bridgehead atoms. The van der Waals surface area contributed by atoms with Crippen LogP contribution >= 0.6 is 0 Å². The second-order valence-corrected chi connectivity index (χ2v) is 19.1. The van der Waals surface area contributed by atoms with E-state index in [0.29, 0.717) is 19.3 Å². The maximum atomic E-state index is 12.8. The molecule has 0 saturated carbocycles. The summed E-state index contributed by atoms with van der Waals surface area (Å²) < 4.78 is 16.8. The quantitative estimate of drug-likeness (QED) is 0.0261. The van der Waals surface area contributed by atoms with Crippen molar-refractivity contribution in [1.29, 1.82) is 0 Å². The second kappa shape index (κ2) is 60.8. The van der Waals surface area contributed by atoms with Crippen LogP contribution in [0.1, 0.15) is 245 Å². The Morgan fingerprint density at radius 3 is 0.878 bits per heavy atom. The van der Waals surface area contributed by atoms with Crippen molar-refractivity contribution >= 4 is 17.9 Å². The van der Waals surface area contributed by atoms with Gasteiger partial charge in [-0.1, -0.05) is 256 Å². The highest BCUT2D eigenvalue weighted by molar-refractivity contribution is 5.71. The van der Waals surface area contributed by atoms with Crippen molar-refractivity contribution in [2.75, 3.05) is 13.2 Å². The Bertz CT molecular complexity index is 1640. The number of ether oxygens (including phenoxy) is 3. The predicted molar refractivity (Wildman–Crippen MR) is 320 cm³/mol. The van der Waals surface area contributed by atoms with Crippen LogP contribution < -0.4 is 0 Å². The molecule has 416 valence electrons. The van der Waals surface area contributed by atoms with Crippen molar-refractivity contribution in [3.05, 3.63) is 146 Å². The van der Waals surface area contributed by atoms with Gasteiger partial charge in [-0.25, -0.2) is 0 Å². The van der Waals surface area contributed by atoms with Gasteiger partial charge in [-0.2, -0.15) is 0 Å². The molecule has 0 saturated heterocycles. The fourth-order valence-corrected chi connectivity index (χ4v) is 7.69. The summed E-state index contributed by atoms with van der Waals surface area (Å²) in [6.07, 6.45) is 87.1. The molecule has 6 nitrogen and oxygen atoms in total. The first-order valence-electron chi connectivity index (χ1n) is 29.8. The number of allylic oxidation sites excluding steroid dienone is 24. The van der Waals surface area contributed by atoms with Crippen molar-refractivity contribution < 1.29 is 28.6 Å². The zero-order valence-corrected chi connectivity index (χ0v) is 47.5. The largest absolute Gasteiger partial charge is 0.462 e. The summed E-state index contributed by atoms with van der Waals surface area (Å²) in [4.78, 5) is 38.1. The Kier molecular flexibility index (Phi) is 57.0. The average Bonchev–Trinajstić information content (AvgIpc) is 3.40. The molecule has 6 heteroatoms. The lowest BCUT2D eigenvalue weighted by Crippen LogP contribution is -2.30. The summed E-state index contributed by atoms with van der Waals surface area (Å²) in [7, 11) is 0. The van der Waals surface area contributed by atoms with Gasteiger partial charge in [0.05, 0.1) is 0 Å². The smallest absolute Gasteiger partial charge is 0.306 e. The molecular formula is C68H108O6. The Morgan fingerprint density at radius 1 is 0.284 bits per heavy atom. The second-order valence-electron chi connectivity index (χ2n) is 19.1. The van der Waals surface area contributed by atoms with Gasteiger partial charge in [0, 0.05) is 19.3 Å². The summed E-state index contributed by atoms with van der Waals surface area (Å²) >= 11 is 0. The van der Waals surface area contributed by atoms with Gasteiger partial charge in [-0.15, -0.1) is 0 Å². The molecule has 0 radical (unpaired) electrons. The minimum Gasteiger partial charge on any atom is -0.462 e. The molecule has 0 aliphatic rings. The van der Waals surface area contributed by atoms with Crippen molar-refractivity contribution in [3.63, 3.8) is 0 Å². The molecule has 74 heavy (non-hydrogen) atoms. The summed E-state index contributed by atoms with van der Waals surface area (Å²) in [5.74, 6) is -0.991. The maximum absolute atomic E-state index is 12.8. The topological polar surface area (TPSA) is 78.9 Å². The molecule has 0 heterocycles. The fraction of sp³-hybridized carbons (Fsp3) is 0.603. The third-order valence-corrected chi connectivity index (χ3v) is 12.1. The lowest BCUT2D eigenvalue weighted by atomic mass is 10.0. The Hall–Kier alpha value is -4.71. The number of hydrogen-bond acceptors (Lipinski definition) is 6. The van der Waals surface area contributed by atoms with Gasteiger partial charge in [0.1, 0.15) is 13.2 Å². The standard InChI is InChI=1S/C68H108O6/c1-4-7-10-13-16-19-22-25-27-28-29-30-31-32-33-34-35-36-37-38-39-40-42-43-46-49-52-55-58-61-67(70)73-64-65(63-72-66(69)60-57-54-51-48-45-24-21-18-15-12-9-6-3)74-68(71)62-59-56-53-50-47-44-41-26-23-20-17-14-11-8-5-2/h7-8,10-11,16-17,19-20,25-27,29-30,32-33,35-36,38-39,41-43,49,52,65H,4-6,9,12-15,18,21-24,28,31,34,37,40,44-48,50-51,53-64H2,1-3H3/b10-7-,11-8-,19-16-,20-17-,27-25-,30-29-,33-32-,36-35-,39-38-,41-26-,43-42-,52-49-. The van der Waals surface area contributed by atoms with Crippen LogP contribution in [0.4, 0.5) is 0 Å². The Labute approximate surface area is 455 Å². The van der Waals surface area contributed by atoms with Crippen molar-refractivity contribution in [1.82, 2.24) is 0 Å². The van der Waals surface area contributed by atoms with E-state index in [9.17, 15) is 14.4 Å². The van der Waals surface area contributed by atoms with E-state index in [1.54, 1.807) is 0 Å². The highest BCUT2D eigenvalue weighted by atomic mass is 16.6. The molecule has 0 aliphatic heterocycles. The van der Waals surface area contributed by atoms with Crippen molar-refractivity contribution in [2.24, 2.45) is 0 Å². The third-order valence-electron chi connectivity index (χ3n) is 12.1. The van der Waals surface area contributed by atoms with E-state index >= 15 is 0 Å². The van der Waals surface area contributed by atoms with Crippen molar-refractivity contribution in [2.45, 2.75) is 252 Å². The lowest BCUT2D eigenvalue weighted by molar-refractivity contribution is -0.167. The Balaban J connectivity index is 4.44. The van der Waals surface area contributed by atoms with E-state index in [1.807, 2.05) is 0 Å². The molecule has 0 fully saturated rings. The van der Waals surface area contributed by atoms with E-state index in [-0.39, 0.29) is 37.5 Å². The Morgan fingerprint density at radius 2 is 0.541 bits per heavy atom. The molecular weight excluding hydrogens is 913 g/mol. The molecule has 0 rings (SSSR count). The van der Waals surface area contributed by atoms with E-state index in [4.69, 9.17) is 14.2 Å². The first kappa shape index (κ1) is 69.3. The van der Waals surface area contributed by atoms with Gasteiger partial charge in [0.15, 0.2) is 6.10 Å². The number of unbranched alkanes of at least 4 members (excludes halogenated alkanes) is 17.